The van der Waals surface area contributed by atoms with Gasteiger partial charge in [-0.1, -0.05) is 38.1 Å². The van der Waals surface area contributed by atoms with Crippen molar-refractivity contribution in [2.24, 2.45) is 5.41 Å². The molecule has 5 heteroatoms. The maximum Gasteiger partial charge on any atom is 0.241 e. The van der Waals surface area contributed by atoms with Crippen LogP contribution in [0.4, 0.5) is 0 Å². The number of hydrogen-bond acceptors (Lipinski definition) is 4. The van der Waals surface area contributed by atoms with E-state index in [-0.39, 0.29) is 30.1 Å². The van der Waals surface area contributed by atoms with Crippen molar-refractivity contribution in [2.45, 2.75) is 58.3 Å². The molecule has 26 heavy (non-hydrogen) atoms. The SMILES string of the molecule is C[C@@H]1CN(C2(C(=O)NCC(C)(C)CO)Cc3ccccc3C2)C[C@H](C)O1. The smallest absolute Gasteiger partial charge is 0.241 e. The molecule has 1 amide bonds. The van der Waals surface area contributed by atoms with E-state index in [0.29, 0.717) is 6.54 Å². The van der Waals surface area contributed by atoms with E-state index >= 15 is 0 Å². The highest BCUT2D eigenvalue weighted by Crippen LogP contribution is 2.37. The van der Waals surface area contributed by atoms with Crippen molar-refractivity contribution in [2.75, 3.05) is 26.2 Å². The average molecular weight is 360 g/mol. The van der Waals surface area contributed by atoms with Crippen LogP contribution in [0.5, 0.6) is 0 Å². The van der Waals surface area contributed by atoms with Gasteiger partial charge in [-0.15, -0.1) is 0 Å². The Morgan fingerprint density at radius 2 is 1.77 bits per heavy atom. The summed E-state index contributed by atoms with van der Waals surface area (Å²) in [5.74, 6) is 0.0662. The van der Waals surface area contributed by atoms with E-state index in [9.17, 15) is 9.90 Å². The maximum absolute atomic E-state index is 13.4. The van der Waals surface area contributed by atoms with E-state index in [1.54, 1.807) is 0 Å². The third-order valence-corrected chi connectivity index (χ3v) is 5.69. The van der Waals surface area contributed by atoms with Crippen molar-refractivity contribution in [1.82, 2.24) is 10.2 Å². The minimum Gasteiger partial charge on any atom is -0.396 e. The third-order valence-electron chi connectivity index (χ3n) is 5.69. The number of hydrogen-bond donors (Lipinski definition) is 2. The molecular formula is C21H32N2O3. The van der Waals surface area contributed by atoms with Gasteiger partial charge in [0.25, 0.3) is 0 Å². The zero-order chi connectivity index (χ0) is 18.9. The maximum atomic E-state index is 13.4. The Labute approximate surface area is 156 Å². The molecule has 0 unspecified atom stereocenters. The molecule has 3 rings (SSSR count). The first-order valence-corrected chi connectivity index (χ1v) is 9.62. The van der Waals surface area contributed by atoms with E-state index in [1.165, 1.54) is 11.1 Å². The lowest BCUT2D eigenvalue weighted by molar-refractivity contribution is -0.144. The highest BCUT2D eigenvalue weighted by molar-refractivity contribution is 5.88. The summed E-state index contributed by atoms with van der Waals surface area (Å²) >= 11 is 0. The fraction of sp³-hybridized carbons (Fsp3) is 0.667. The van der Waals surface area contributed by atoms with Gasteiger partial charge < -0.3 is 15.2 Å². The molecule has 1 fully saturated rings. The van der Waals surface area contributed by atoms with Gasteiger partial charge in [-0.3, -0.25) is 9.69 Å². The van der Waals surface area contributed by atoms with Gasteiger partial charge in [-0.25, -0.2) is 0 Å². The molecule has 2 aliphatic rings. The molecule has 1 heterocycles. The molecule has 1 aliphatic heterocycles. The number of carbonyl (C=O) groups is 1. The van der Waals surface area contributed by atoms with Gasteiger partial charge in [0.2, 0.25) is 5.91 Å². The first kappa shape index (κ1) is 19.3. The number of nitrogens with zero attached hydrogens (tertiary/aromatic N) is 1. The van der Waals surface area contributed by atoms with Crippen molar-refractivity contribution in [3.63, 3.8) is 0 Å². The number of benzene rings is 1. The molecule has 0 bridgehead atoms. The second kappa shape index (κ2) is 7.29. The predicted molar refractivity (Wildman–Crippen MR) is 102 cm³/mol. The van der Waals surface area contributed by atoms with Crippen LogP contribution in [-0.4, -0.2) is 59.9 Å². The van der Waals surface area contributed by atoms with Crippen LogP contribution in [0, 0.1) is 5.41 Å². The van der Waals surface area contributed by atoms with Crippen LogP contribution in [0.2, 0.25) is 0 Å². The molecule has 1 aliphatic carbocycles. The Hall–Kier alpha value is -1.43. The average Bonchev–Trinajstić information content (AvgIpc) is 3.00. The molecule has 0 spiro atoms. The number of aliphatic hydroxyl groups is 1. The Balaban J connectivity index is 1.87. The number of amides is 1. The van der Waals surface area contributed by atoms with Crippen LogP contribution in [0.1, 0.15) is 38.8 Å². The first-order valence-electron chi connectivity index (χ1n) is 9.62. The zero-order valence-electron chi connectivity index (χ0n) is 16.4. The van der Waals surface area contributed by atoms with E-state index in [1.807, 2.05) is 26.0 Å². The van der Waals surface area contributed by atoms with Gasteiger partial charge in [0.1, 0.15) is 5.54 Å². The number of aliphatic hydroxyl groups excluding tert-OH is 1. The van der Waals surface area contributed by atoms with E-state index < -0.39 is 5.54 Å². The molecule has 1 aromatic carbocycles. The van der Waals surface area contributed by atoms with Gasteiger partial charge >= 0.3 is 0 Å². The predicted octanol–water partition coefficient (Wildman–Crippen LogP) is 1.77. The zero-order valence-corrected chi connectivity index (χ0v) is 16.4. The van der Waals surface area contributed by atoms with Crippen LogP contribution in [0.3, 0.4) is 0 Å². The summed E-state index contributed by atoms with van der Waals surface area (Å²) in [5, 5.41) is 12.7. The number of fused-ring (bicyclic) bond motifs is 1. The normalized spacial score (nSPS) is 25.7. The molecular weight excluding hydrogens is 328 g/mol. The molecule has 144 valence electrons. The lowest BCUT2D eigenvalue weighted by Crippen LogP contribution is -2.65. The van der Waals surface area contributed by atoms with Crippen molar-refractivity contribution in [3.8, 4) is 0 Å². The van der Waals surface area contributed by atoms with Gasteiger partial charge in [0, 0.05) is 44.5 Å². The number of carbonyl (C=O) groups excluding carboxylic acids is 1. The van der Waals surface area contributed by atoms with Crippen LogP contribution >= 0.6 is 0 Å². The second-order valence-electron chi connectivity index (χ2n) is 8.82. The van der Waals surface area contributed by atoms with E-state index in [2.05, 4.69) is 36.2 Å². The van der Waals surface area contributed by atoms with E-state index in [0.717, 1.165) is 25.9 Å². The summed E-state index contributed by atoms with van der Waals surface area (Å²) in [4.78, 5) is 15.8. The third kappa shape index (κ3) is 3.80. The summed E-state index contributed by atoms with van der Waals surface area (Å²) in [6.45, 7) is 10.1. The number of nitrogens with one attached hydrogen (secondary N) is 1. The van der Waals surface area contributed by atoms with Crippen molar-refractivity contribution >= 4 is 5.91 Å². The van der Waals surface area contributed by atoms with Crippen LogP contribution < -0.4 is 5.32 Å². The highest BCUT2D eigenvalue weighted by Gasteiger charge is 2.50. The Morgan fingerprint density at radius 1 is 1.23 bits per heavy atom. The molecule has 0 radical (unpaired) electrons. The number of rotatable bonds is 5. The van der Waals surface area contributed by atoms with Crippen molar-refractivity contribution in [3.05, 3.63) is 35.4 Å². The van der Waals surface area contributed by atoms with Gasteiger partial charge in [-0.05, 0) is 25.0 Å². The second-order valence-corrected chi connectivity index (χ2v) is 8.82. The summed E-state index contributed by atoms with van der Waals surface area (Å²) in [7, 11) is 0. The van der Waals surface area contributed by atoms with Gasteiger partial charge in [0.05, 0.1) is 12.2 Å². The summed E-state index contributed by atoms with van der Waals surface area (Å²) in [6, 6.07) is 8.36. The van der Waals surface area contributed by atoms with E-state index in [4.69, 9.17) is 4.74 Å². The van der Waals surface area contributed by atoms with Crippen LogP contribution in [0.25, 0.3) is 0 Å². The summed E-state index contributed by atoms with van der Waals surface area (Å²) < 4.78 is 5.90. The molecule has 0 aromatic heterocycles. The lowest BCUT2D eigenvalue weighted by atomic mass is 9.89. The summed E-state index contributed by atoms with van der Waals surface area (Å²) in [6.07, 6.45) is 1.68. The Bertz CT molecular complexity index is 623. The minimum atomic E-state index is -0.568. The van der Waals surface area contributed by atoms with Gasteiger partial charge in [0.15, 0.2) is 0 Å². The molecule has 1 saturated heterocycles. The van der Waals surface area contributed by atoms with Crippen LogP contribution in [0.15, 0.2) is 24.3 Å². The molecule has 2 atom stereocenters. The molecule has 2 N–H and O–H groups in total. The fourth-order valence-electron chi connectivity index (χ4n) is 4.19. The molecule has 0 saturated carbocycles. The van der Waals surface area contributed by atoms with Crippen molar-refractivity contribution < 1.29 is 14.6 Å². The van der Waals surface area contributed by atoms with Gasteiger partial charge in [-0.2, -0.15) is 0 Å². The monoisotopic (exact) mass is 360 g/mol. The number of ether oxygens (including phenoxy) is 1. The fourth-order valence-corrected chi connectivity index (χ4v) is 4.19. The molecule has 5 nitrogen and oxygen atoms in total. The summed E-state index contributed by atoms with van der Waals surface area (Å²) in [5.41, 5.74) is 1.63. The largest absolute Gasteiger partial charge is 0.396 e. The minimum absolute atomic E-state index is 0.0477. The number of morpholine rings is 1. The Kier molecular flexibility index (Phi) is 5.42. The quantitative estimate of drug-likeness (QED) is 0.840. The Morgan fingerprint density at radius 3 is 2.27 bits per heavy atom. The van der Waals surface area contributed by atoms with Crippen molar-refractivity contribution in [1.29, 1.82) is 0 Å². The van der Waals surface area contributed by atoms with Crippen LogP contribution in [-0.2, 0) is 22.4 Å². The standard InChI is InChI=1S/C21H32N2O3/c1-15-11-23(12-16(2)26-15)21(19(25)22-13-20(3,4)14-24)9-17-7-5-6-8-18(17)10-21/h5-8,15-16,24H,9-14H2,1-4H3,(H,22,25)/t15-,16+. The highest BCUT2D eigenvalue weighted by atomic mass is 16.5. The first-order chi connectivity index (χ1) is 12.3. The molecule has 1 aromatic rings. The lowest BCUT2D eigenvalue weighted by Gasteiger charge is -2.46. The topological polar surface area (TPSA) is 61.8 Å².